The molecule has 0 fully saturated rings. The quantitative estimate of drug-likeness (QED) is 0.850. The maximum absolute atomic E-state index is 12.1. The summed E-state index contributed by atoms with van der Waals surface area (Å²) >= 11 is 5.80. The number of halogens is 1. The molecule has 2 aromatic rings. The van der Waals surface area contributed by atoms with Gasteiger partial charge in [-0.2, -0.15) is 5.10 Å². The highest BCUT2D eigenvalue weighted by molar-refractivity contribution is 6.30. The summed E-state index contributed by atoms with van der Waals surface area (Å²) in [5.74, 6) is 0.0314. The first kappa shape index (κ1) is 15.6. The normalized spacial score (nSPS) is 12.1. The van der Waals surface area contributed by atoms with Crippen molar-refractivity contribution in [2.24, 2.45) is 0 Å². The first-order valence-electron chi connectivity index (χ1n) is 7.21. The minimum absolute atomic E-state index is 0.0314. The van der Waals surface area contributed by atoms with Crippen molar-refractivity contribution in [2.45, 2.75) is 38.8 Å². The molecule has 4 nitrogen and oxygen atoms in total. The van der Waals surface area contributed by atoms with Crippen LogP contribution in [0.15, 0.2) is 42.7 Å². The van der Waals surface area contributed by atoms with Crippen LogP contribution in [0.2, 0.25) is 5.02 Å². The highest BCUT2D eigenvalue weighted by Gasteiger charge is 2.13. The third-order valence-electron chi connectivity index (χ3n) is 3.28. The Kier molecular flexibility index (Phi) is 5.81. The van der Waals surface area contributed by atoms with E-state index in [1.807, 2.05) is 30.3 Å². The van der Waals surface area contributed by atoms with Gasteiger partial charge >= 0.3 is 0 Å². The Balaban J connectivity index is 1.89. The number of nitrogens with one attached hydrogen (secondary N) is 1. The summed E-state index contributed by atoms with van der Waals surface area (Å²) < 4.78 is 1.68. The standard InChI is InChI=1S/C16H20ClN3O/c1-2-6-15(13-7-4-3-5-8-13)19-16(21)9-10-20-12-14(17)11-18-20/h3-5,7-8,11-12,15H,2,6,9-10H2,1H3,(H,19,21). The molecule has 0 aliphatic rings. The summed E-state index contributed by atoms with van der Waals surface area (Å²) in [5.41, 5.74) is 1.15. The SMILES string of the molecule is CCCC(NC(=O)CCn1cc(Cl)cn1)c1ccccc1. The minimum atomic E-state index is 0.0314. The average Bonchev–Trinajstić information content (AvgIpc) is 2.91. The molecule has 1 amide bonds. The molecular formula is C16H20ClN3O. The first-order valence-corrected chi connectivity index (χ1v) is 7.59. The van der Waals surface area contributed by atoms with Crippen molar-refractivity contribution in [3.8, 4) is 0 Å². The molecular weight excluding hydrogens is 286 g/mol. The van der Waals surface area contributed by atoms with Gasteiger partial charge in [-0.3, -0.25) is 9.48 Å². The van der Waals surface area contributed by atoms with Gasteiger partial charge < -0.3 is 5.32 Å². The monoisotopic (exact) mass is 305 g/mol. The molecule has 0 aliphatic carbocycles. The molecule has 0 saturated heterocycles. The van der Waals surface area contributed by atoms with Crippen LogP contribution in [-0.4, -0.2) is 15.7 Å². The van der Waals surface area contributed by atoms with Gasteiger partial charge in [0, 0.05) is 19.2 Å². The lowest BCUT2D eigenvalue weighted by Crippen LogP contribution is -2.29. The molecule has 21 heavy (non-hydrogen) atoms. The predicted molar refractivity (Wildman–Crippen MR) is 84.1 cm³/mol. The summed E-state index contributed by atoms with van der Waals surface area (Å²) in [6.07, 6.45) is 5.64. The lowest BCUT2D eigenvalue weighted by molar-refractivity contribution is -0.122. The molecule has 0 spiro atoms. The molecule has 0 aliphatic heterocycles. The third kappa shape index (κ3) is 4.90. The second kappa shape index (κ2) is 7.84. The molecule has 0 bridgehead atoms. The van der Waals surface area contributed by atoms with E-state index in [0.717, 1.165) is 18.4 Å². The highest BCUT2D eigenvalue weighted by Crippen LogP contribution is 2.18. The molecule has 1 N–H and O–H groups in total. The van der Waals surface area contributed by atoms with Crippen LogP contribution in [0.1, 0.15) is 37.8 Å². The van der Waals surface area contributed by atoms with Gasteiger partial charge in [0.1, 0.15) is 0 Å². The van der Waals surface area contributed by atoms with E-state index >= 15 is 0 Å². The Bertz CT molecular complexity index is 568. The number of hydrogen-bond donors (Lipinski definition) is 1. The van der Waals surface area contributed by atoms with E-state index in [1.54, 1.807) is 17.1 Å². The van der Waals surface area contributed by atoms with Crippen molar-refractivity contribution in [2.75, 3.05) is 0 Å². The van der Waals surface area contributed by atoms with E-state index in [4.69, 9.17) is 11.6 Å². The number of rotatable bonds is 7. The number of hydrogen-bond acceptors (Lipinski definition) is 2. The second-order valence-corrected chi connectivity index (χ2v) is 5.43. The summed E-state index contributed by atoms with van der Waals surface area (Å²) in [4.78, 5) is 12.1. The fraction of sp³-hybridized carbons (Fsp3) is 0.375. The number of carbonyl (C=O) groups is 1. The third-order valence-corrected chi connectivity index (χ3v) is 3.48. The van der Waals surface area contributed by atoms with E-state index < -0.39 is 0 Å². The van der Waals surface area contributed by atoms with Crippen LogP contribution in [0.4, 0.5) is 0 Å². The lowest BCUT2D eigenvalue weighted by Gasteiger charge is -2.18. The molecule has 1 unspecified atom stereocenters. The lowest BCUT2D eigenvalue weighted by atomic mass is 10.0. The van der Waals surface area contributed by atoms with Gasteiger partial charge in [0.15, 0.2) is 0 Å². The maximum Gasteiger partial charge on any atom is 0.222 e. The van der Waals surface area contributed by atoms with Crippen molar-refractivity contribution < 1.29 is 4.79 Å². The van der Waals surface area contributed by atoms with Crippen molar-refractivity contribution in [1.82, 2.24) is 15.1 Å². The first-order chi connectivity index (χ1) is 10.2. The van der Waals surface area contributed by atoms with Gasteiger partial charge in [-0.1, -0.05) is 55.3 Å². The average molecular weight is 306 g/mol. The van der Waals surface area contributed by atoms with Gasteiger partial charge in [0.05, 0.1) is 17.3 Å². The van der Waals surface area contributed by atoms with Gasteiger partial charge in [0.2, 0.25) is 5.91 Å². The summed E-state index contributed by atoms with van der Waals surface area (Å²) in [6.45, 7) is 2.65. The molecule has 1 heterocycles. The minimum Gasteiger partial charge on any atom is -0.349 e. The zero-order valence-electron chi connectivity index (χ0n) is 12.1. The summed E-state index contributed by atoms with van der Waals surface area (Å²) in [6, 6.07) is 10.1. The maximum atomic E-state index is 12.1. The number of aromatic nitrogens is 2. The van der Waals surface area contributed by atoms with E-state index in [9.17, 15) is 4.79 Å². The molecule has 0 saturated carbocycles. The highest BCUT2D eigenvalue weighted by atomic mass is 35.5. The van der Waals surface area contributed by atoms with Crippen LogP contribution >= 0.6 is 11.6 Å². The number of nitrogens with zero attached hydrogens (tertiary/aromatic N) is 2. The zero-order chi connectivity index (χ0) is 15.1. The van der Waals surface area contributed by atoms with Crippen LogP contribution in [-0.2, 0) is 11.3 Å². The van der Waals surface area contributed by atoms with Gasteiger partial charge in [-0.05, 0) is 12.0 Å². The Morgan fingerprint density at radius 1 is 1.38 bits per heavy atom. The van der Waals surface area contributed by atoms with Gasteiger partial charge in [-0.25, -0.2) is 0 Å². The summed E-state index contributed by atoms with van der Waals surface area (Å²) in [5, 5.41) is 7.75. The Morgan fingerprint density at radius 3 is 2.76 bits per heavy atom. The number of benzene rings is 1. The van der Waals surface area contributed by atoms with Gasteiger partial charge in [-0.15, -0.1) is 0 Å². The topological polar surface area (TPSA) is 46.9 Å². The van der Waals surface area contributed by atoms with E-state index in [-0.39, 0.29) is 11.9 Å². The fourth-order valence-corrected chi connectivity index (χ4v) is 2.40. The van der Waals surface area contributed by atoms with Crippen LogP contribution in [0.5, 0.6) is 0 Å². The largest absolute Gasteiger partial charge is 0.349 e. The Labute approximate surface area is 130 Å². The smallest absolute Gasteiger partial charge is 0.222 e. The molecule has 0 radical (unpaired) electrons. The van der Waals surface area contributed by atoms with E-state index in [0.29, 0.717) is 18.0 Å². The fourth-order valence-electron chi connectivity index (χ4n) is 2.24. The molecule has 1 atom stereocenters. The van der Waals surface area contributed by atoms with Crippen molar-refractivity contribution in [1.29, 1.82) is 0 Å². The zero-order valence-corrected chi connectivity index (χ0v) is 12.9. The number of aryl methyl sites for hydroxylation is 1. The van der Waals surface area contributed by atoms with Crippen molar-refractivity contribution >= 4 is 17.5 Å². The van der Waals surface area contributed by atoms with Crippen LogP contribution in [0.25, 0.3) is 0 Å². The number of carbonyl (C=O) groups excluding carboxylic acids is 1. The molecule has 112 valence electrons. The number of amides is 1. The van der Waals surface area contributed by atoms with Crippen molar-refractivity contribution in [3.63, 3.8) is 0 Å². The Morgan fingerprint density at radius 2 is 2.14 bits per heavy atom. The van der Waals surface area contributed by atoms with E-state index in [2.05, 4.69) is 17.3 Å². The molecule has 1 aromatic carbocycles. The predicted octanol–water partition coefficient (Wildman–Crippen LogP) is 3.58. The molecule has 5 heteroatoms. The Hall–Kier alpha value is -1.81. The van der Waals surface area contributed by atoms with Crippen LogP contribution in [0, 0.1) is 0 Å². The van der Waals surface area contributed by atoms with Crippen LogP contribution in [0.3, 0.4) is 0 Å². The second-order valence-electron chi connectivity index (χ2n) is 4.99. The molecule has 1 aromatic heterocycles. The van der Waals surface area contributed by atoms with E-state index in [1.165, 1.54) is 0 Å². The van der Waals surface area contributed by atoms with Gasteiger partial charge in [0.25, 0.3) is 0 Å². The molecule has 2 rings (SSSR count). The summed E-state index contributed by atoms with van der Waals surface area (Å²) in [7, 11) is 0. The van der Waals surface area contributed by atoms with Crippen molar-refractivity contribution in [3.05, 3.63) is 53.3 Å². The van der Waals surface area contributed by atoms with Crippen LogP contribution < -0.4 is 5.32 Å².